The van der Waals surface area contributed by atoms with E-state index in [1.807, 2.05) is 13.8 Å². The normalized spacial score (nSPS) is 14.8. The van der Waals surface area contributed by atoms with E-state index in [0.717, 1.165) is 11.3 Å². The molecule has 13 heteroatoms. The Morgan fingerprint density at radius 2 is 1.98 bits per heavy atom. The van der Waals surface area contributed by atoms with Crippen LogP contribution in [-0.2, 0) is 9.53 Å². The van der Waals surface area contributed by atoms with Gasteiger partial charge in [-0.25, -0.2) is 9.79 Å². The number of methoxy groups -OCH3 is 1. The van der Waals surface area contributed by atoms with Gasteiger partial charge in [-0.15, -0.1) is 0 Å². The third-order valence-electron chi connectivity index (χ3n) is 6.71. The number of nitro groups is 1. The fraction of sp³-hybridized carbons (Fsp3) is 0.258. The summed E-state index contributed by atoms with van der Waals surface area (Å²) in [5.74, 6) is 1.00. The molecule has 0 spiro atoms. The Morgan fingerprint density at radius 3 is 2.66 bits per heavy atom. The highest BCUT2D eigenvalue weighted by Gasteiger charge is 2.34. The van der Waals surface area contributed by atoms with Crippen LogP contribution in [-0.4, -0.2) is 35.3 Å². The number of aromatic nitrogens is 1. The number of thiazole rings is 1. The lowest BCUT2D eigenvalue weighted by molar-refractivity contribution is -0.384. The van der Waals surface area contributed by atoms with Gasteiger partial charge in [0.25, 0.3) is 11.2 Å². The van der Waals surface area contributed by atoms with E-state index >= 15 is 0 Å². The van der Waals surface area contributed by atoms with E-state index in [1.54, 1.807) is 50.3 Å². The summed E-state index contributed by atoms with van der Waals surface area (Å²) >= 11 is 7.42. The van der Waals surface area contributed by atoms with Gasteiger partial charge in [0.05, 0.1) is 51.6 Å². The number of esters is 1. The summed E-state index contributed by atoms with van der Waals surface area (Å²) < 4.78 is 24.5. The Bertz CT molecular complexity index is 1990. The molecule has 0 aliphatic carbocycles. The molecule has 0 saturated carbocycles. The summed E-state index contributed by atoms with van der Waals surface area (Å²) in [5.41, 5.74) is 1.05. The molecule has 3 heterocycles. The number of halogens is 1. The molecule has 1 atom stereocenters. The molecule has 1 aliphatic rings. The Kier molecular flexibility index (Phi) is 8.75. The van der Waals surface area contributed by atoms with Crippen molar-refractivity contribution < 1.29 is 28.3 Å². The van der Waals surface area contributed by atoms with E-state index in [9.17, 15) is 19.7 Å². The van der Waals surface area contributed by atoms with Gasteiger partial charge < -0.3 is 18.6 Å². The van der Waals surface area contributed by atoms with Crippen LogP contribution in [0, 0.1) is 10.1 Å². The van der Waals surface area contributed by atoms with Crippen LogP contribution in [0.2, 0.25) is 5.02 Å². The van der Waals surface area contributed by atoms with Crippen molar-refractivity contribution in [3.05, 3.63) is 106 Å². The van der Waals surface area contributed by atoms with Crippen LogP contribution >= 0.6 is 22.9 Å². The largest absolute Gasteiger partial charge is 0.493 e. The highest BCUT2D eigenvalue weighted by Crippen LogP contribution is 2.37. The van der Waals surface area contributed by atoms with Gasteiger partial charge in [0.1, 0.15) is 11.5 Å². The lowest BCUT2D eigenvalue weighted by Gasteiger charge is -2.25. The number of rotatable bonds is 9. The van der Waals surface area contributed by atoms with Crippen LogP contribution in [0.4, 0.5) is 5.69 Å². The molecular weight excluding hydrogens is 610 g/mol. The molecule has 0 radical (unpaired) electrons. The minimum atomic E-state index is -0.856. The number of ether oxygens (including phenoxy) is 3. The molecule has 2 aromatic heterocycles. The molecule has 0 N–H and O–H groups in total. The van der Waals surface area contributed by atoms with E-state index in [-0.39, 0.29) is 29.0 Å². The van der Waals surface area contributed by atoms with Crippen LogP contribution in [0.25, 0.3) is 17.4 Å². The molecule has 0 saturated heterocycles. The summed E-state index contributed by atoms with van der Waals surface area (Å²) in [6, 6.07) is 11.7. The number of carbonyl (C=O) groups excluding carboxylic acids is 1. The summed E-state index contributed by atoms with van der Waals surface area (Å²) in [5, 5.41) is 11.5. The molecular formula is C31H28ClN3O8S. The van der Waals surface area contributed by atoms with Crippen molar-refractivity contribution in [2.45, 2.75) is 39.8 Å². The maximum atomic E-state index is 14.0. The molecule has 0 fully saturated rings. The second kappa shape index (κ2) is 12.5. The van der Waals surface area contributed by atoms with Crippen LogP contribution in [0.3, 0.4) is 0 Å². The predicted molar refractivity (Wildman–Crippen MR) is 165 cm³/mol. The molecule has 4 aromatic rings. The van der Waals surface area contributed by atoms with Crippen LogP contribution < -0.4 is 24.4 Å². The number of allylic oxidation sites excluding steroid dienone is 1. The van der Waals surface area contributed by atoms with Gasteiger partial charge in [0.2, 0.25) is 0 Å². The maximum Gasteiger partial charge on any atom is 0.338 e. The third-order valence-corrected chi connectivity index (χ3v) is 8.02. The predicted octanol–water partition coefficient (Wildman–Crippen LogP) is 5.42. The number of carbonyl (C=O) groups is 1. The molecule has 44 heavy (non-hydrogen) atoms. The fourth-order valence-electron chi connectivity index (χ4n) is 4.83. The zero-order chi connectivity index (χ0) is 31.7. The average molecular weight is 638 g/mol. The van der Waals surface area contributed by atoms with Crippen molar-refractivity contribution in [2.24, 2.45) is 4.99 Å². The van der Waals surface area contributed by atoms with E-state index in [4.69, 9.17) is 30.2 Å². The first-order chi connectivity index (χ1) is 21.0. The SMILES string of the molecule is CCOC(=O)C1=C(C)N=c2s/c(=C\c3ccc(-c4cc([N+](=O)[O-])ccc4Cl)o3)c(=O)n2[C@@H]1c1ccc(OC(C)C)c(OC)c1. The lowest BCUT2D eigenvalue weighted by Crippen LogP contribution is -2.40. The number of benzene rings is 2. The zero-order valence-corrected chi connectivity index (χ0v) is 26.0. The third kappa shape index (κ3) is 5.90. The number of nitro benzene ring substituents is 1. The Balaban J connectivity index is 1.64. The summed E-state index contributed by atoms with van der Waals surface area (Å²) in [4.78, 5) is 42.9. The fourth-order valence-corrected chi connectivity index (χ4v) is 6.07. The topological polar surface area (TPSA) is 135 Å². The summed E-state index contributed by atoms with van der Waals surface area (Å²) in [6.45, 7) is 7.35. The molecule has 0 unspecified atom stereocenters. The quantitative estimate of drug-likeness (QED) is 0.135. The van der Waals surface area contributed by atoms with Crippen molar-refractivity contribution in [2.75, 3.05) is 13.7 Å². The number of furan rings is 1. The minimum absolute atomic E-state index is 0.0974. The second-order valence-electron chi connectivity index (χ2n) is 10.0. The summed E-state index contributed by atoms with van der Waals surface area (Å²) in [6.07, 6.45) is 1.46. The Morgan fingerprint density at radius 1 is 1.20 bits per heavy atom. The first-order valence-corrected chi connectivity index (χ1v) is 14.8. The van der Waals surface area contributed by atoms with E-state index in [0.29, 0.717) is 49.2 Å². The molecule has 0 bridgehead atoms. The maximum absolute atomic E-state index is 14.0. The van der Waals surface area contributed by atoms with Gasteiger partial charge in [0, 0.05) is 23.8 Å². The van der Waals surface area contributed by atoms with Crippen LogP contribution in [0.1, 0.15) is 45.1 Å². The number of hydrogen-bond donors (Lipinski definition) is 0. The number of hydrogen-bond acceptors (Lipinski definition) is 10. The van der Waals surface area contributed by atoms with Gasteiger partial charge >= 0.3 is 5.97 Å². The number of fused-ring (bicyclic) bond motifs is 1. The van der Waals surface area contributed by atoms with Gasteiger partial charge in [-0.05, 0) is 63.6 Å². The second-order valence-corrected chi connectivity index (χ2v) is 11.4. The first-order valence-electron chi connectivity index (χ1n) is 13.6. The van der Waals surface area contributed by atoms with Crippen molar-refractivity contribution in [1.29, 1.82) is 0 Å². The molecule has 2 aromatic carbocycles. The van der Waals surface area contributed by atoms with Gasteiger partial charge in [0.15, 0.2) is 16.3 Å². The smallest absolute Gasteiger partial charge is 0.338 e. The van der Waals surface area contributed by atoms with Gasteiger partial charge in [-0.3, -0.25) is 19.5 Å². The van der Waals surface area contributed by atoms with Gasteiger partial charge in [-0.1, -0.05) is 29.0 Å². The Hall–Kier alpha value is -4.68. The zero-order valence-electron chi connectivity index (χ0n) is 24.5. The van der Waals surface area contributed by atoms with E-state index in [1.165, 1.54) is 29.9 Å². The molecule has 228 valence electrons. The minimum Gasteiger partial charge on any atom is -0.493 e. The summed E-state index contributed by atoms with van der Waals surface area (Å²) in [7, 11) is 1.52. The molecule has 11 nitrogen and oxygen atoms in total. The Labute approximate surface area is 260 Å². The van der Waals surface area contributed by atoms with E-state index < -0.39 is 22.5 Å². The van der Waals surface area contributed by atoms with E-state index in [2.05, 4.69) is 4.99 Å². The number of nitrogens with zero attached hydrogens (tertiary/aromatic N) is 3. The van der Waals surface area contributed by atoms with Crippen molar-refractivity contribution in [1.82, 2.24) is 4.57 Å². The standard InChI is InChI=1S/C31H28ClN3O8S/c1-6-41-30(37)27-17(4)33-31-34(28(27)18-7-11-24(42-16(2)3)25(13-18)40-5)29(36)26(44-31)15-20-9-12-23(43-20)21-14-19(35(38)39)8-10-22(21)32/h7-16,28H,6H2,1-5H3/b26-15-/t28-/m1/s1. The highest BCUT2D eigenvalue weighted by molar-refractivity contribution is 7.07. The van der Waals surface area contributed by atoms with Gasteiger partial charge in [-0.2, -0.15) is 0 Å². The lowest BCUT2D eigenvalue weighted by atomic mass is 9.95. The highest BCUT2D eigenvalue weighted by atomic mass is 35.5. The monoisotopic (exact) mass is 637 g/mol. The van der Waals surface area contributed by atoms with Crippen LogP contribution in [0.5, 0.6) is 11.5 Å². The number of non-ortho nitro benzene ring substituents is 1. The van der Waals surface area contributed by atoms with Crippen molar-refractivity contribution >= 4 is 40.7 Å². The molecule has 1 aliphatic heterocycles. The average Bonchev–Trinajstić information content (AvgIpc) is 3.56. The first kappa shape index (κ1) is 30.8. The molecule has 0 amide bonds. The molecule has 5 rings (SSSR count). The van der Waals surface area contributed by atoms with Crippen molar-refractivity contribution in [3.8, 4) is 22.8 Å². The van der Waals surface area contributed by atoms with Crippen molar-refractivity contribution in [3.63, 3.8) is 0 Å². The van der Waals surface area contributed by atoms with Crippen LogP contribution in [0.15, 0.2) is 74.0 Å².